The number of hydrogen-bond donors (Lipinski definition) is 2. The Morgan fingerprint density at radius 3 is 2.55 bits per heavy atom. The highest BCUT2D eigenvalue weighted by atomic mass is 16.2. The number of carbonyl (C=O) groups is 3. The second-order valence-electron chi connectivity index (χ2n) is 5.47. The second-order valence-corrected chi connectivity index (χ2v) is 5.47. The molecule has 8 nitrogen and oxygen atoms in total. The van der Waals surface area contributed by atoms with Gasteiger partial charge in [0.1, 0.15) is 6.33 Å². The molecule has 2 N–H and O–H groups in total. The molecule has 2 aliphatic rings. The maximum atomic E-state index is 12.2. The number of imide groups is 1. The highest BCUT2D eigenvalue weighted by Crippen LogP contribution is 2.35. The summed E-state index contributed by atoms with van der Waals surface area (Å²) in [6, 6.07) is 0. The zero-order valence-corrected chi connectivity index (χ0v) is 12.0. The first-order valence-electron chi connectivity index (χ1n) is 7.32. The summed E-state index contributed by atoms with van der Waals surface area (Å²) >= 11 is 0. The van der Waals surface area contributed by atoms with Crippen molar-refractivity contribution in [3.8, 4) is 0 Å². The van der Waals surface area contributed by atoms with Gasteiger partial charge in [-0.15, -0.1) is 0 Å². The fraction of sp³-hybridized carbons (Fsp3) is 0.500. The van der Waals surface area contributed by atoms with Crippen molar-refractivity contribution in [1.29, 1.82) is 0 Å². The first kappa shape index (κ1) is 14.4. The van der Waals surface area contributed by atoms with Crippen molar-refractivity contribution in [1.82, 2.24) is 20.1 Å². The summed E-state index contributed by atoms with van der Waals surface area (Å²) in [5.41, 5.74) is 0. The summed E-state index contributed by atoms with van der Waals surface area (Å²) in [5.74, 6) is -0.559. The van der Waals surface area contributed by atoms with Crippen LogP contribution in [0.3, 0.4) is 0 Å². The van der Waals surface area contributed by atoms with Gasteiger partial charge in [-0.05, 0) is 19.3 Å². The standard InChI is InChI=1S/C14H17N5O3/c20-11(17-14-15-8-16-18-14)6-3-7-19-12(21)9-4-1-2-5-10(9)13(19)22/h1-2,8-10H,3-7H2,(H2,15,16,17,18,20)/t9-,10-/m1/s1. The minimum Gasteiger partial charge on any atom is -0.295 e. The minimum absolute atomic E-state index is 0.102. The Morgan fingerprint density at radius 2 is 1.95 bits per heavy atom. The third-order valence-corrected chi connectivity index (χ3v) is 4.06. The van der Waals surface area contributed by atoms with Gasteiger partial charge < -0.3 is 0 Å². The Labute approximate surface area is 127 Å². The predicted octanol–water partition coefficient (Wildman–Crippen LogP) is 0.475. The molecular formula is C14H17N5O3. The zero-order valence-electron chi connectivity index (χ0n) is 12.0. The summed E-state index contributed by atoms with van der Waals surface area (Å²) < 4.78 is 0. The number of aromatic amines is 1. The molecule has 1 aromatic rings. The molecule has 0 bridgehead atoms. The van der Waals surface area contributed by atoms with E-state index in [0.29, 0.717) is 19.3 Å². The highest BCUT2D eigenvalue weighted by Gasteiger charge is 2.46. The third kappa shape index (κ3) is 2.76. The Bertz CT molecular complexity index is 584. The fourth-order valence-corrected chi connectivity index (χ4v) is 2.95. The van der Waals surface area contributed by atoms with Crippen molar-refractivity contribution in [2.75, 3.05) is 11.9 Å². The molecule has 22 heavy (non-hydrogen) atoms. The van der Waals surface area contributed by atoms with Crippen molar-refractivity contribution in [2.45, 2.75) is 25.7 Å². The number of H-pyrrole nitrogens is 1. The van der Waals surface area contributed by atoms with Gasteiger partial charge in [0.05, 0.1) is 11.8 Å². The Hall–Kier alpha value is -2.51. The lowest BCUT2D eigenvalue weighted by Gasteiger charge is -2.14. The molecule has 8 heteroatoms. The molecule has 116 valence electrons. The van der Waals surface area contributed by atoms with E-state index in [1.165, 1.54) is 11.2 Å². The monoisotopic (exact) mass is 303 g/mol. The van der Waals surface area contributed by atoms with Crippen LogP contribution in [0.15, 0.2) is 18.5 Å². The van der Waals surface area contributed by atoms with E-state index in [2.05, 4.69) is 20.5 Å². The lowest BCUT2D eigenvalue weighted by molar-refractivity contribution is -0.140. The molecule has 2 atom stereocenters. The van der Waals surface area contributed by atoms with Crippen LogP contribution >= 0.6 is 0 Å². The molecule has 0 saturated carbocycles. The van der Waals surface area contributed by atoms with E-state index in [0.717, 1.165) is 0 Å². The van der Waals surface area contributed by atoms with Crippen LogP contribution < -0.4 is 5.32 Å². The number of nitrogens with one attached hydrogen (secondary N) is 2. The lowest BCUT2D eigenvalue weighted by atomic mass is 9.85. The van der Waals surface area contributed by atoms with Gasteiger partial charge in [0.15, 0.2) is 0 Å². The van der Waals surface area contributed by atoms with Crippen LogP contribution in [0.25, 0.3) is 0 Å². The maximum absolute atomic E-state index is 12.2. The van der Waals surface area contributed by atoms with Crippen molar-refractivity contribution in [3.05, 3.63) is 18.5 Å². The normalized spacial score (nSPS) is 23.7. The maximum Gasteiger partial charge on any atom is 0.233 e. The number of nitrogens with zero attached hydrogens (tertiary/aromatic N) is 3. The van der Waals surface area contributed by atoms with E-state index in [1.54, 1.807) is 0 Å². The number of fused-ring (bicyclic) bond motifs is 1. The summed E-state index contributed by atoms with van der Waals surface area (Å²) in [6.07, 6.45) is 7.14. The van der Waals surface area contributed by atoms with E-state index in [1.807, 2.05) is 12.2 Å². The molecule has 0 radical (unpaired) electrons. The summed E-state index contributed by atoms with van der Waals surface area (Å²) in [7, 11) is 0. The van der Waals surface area contributed by atoms with Crippen LogP contribution in [0.1, 0.15) is 25.7 Å². The van der Waals surface area contributed by atoms with Crippen molar-refractivity contribution in [2.24, 2.45) is 11.8 Å². The van der Waals surface area contributed by atoms with E-state index in [4.69, 9.17) is 0 Å². The van der Waals surface area contributed by atoms with Crippen LogP contribution in [0.4, 0.5) is 5.95 Å². The molecule has 1 aliphatic carbocycles. The van der Waals surface area contributed by atoms with Gasteiger partial charge in [-0.25, -0.2) is 5.10 Å². The van der Waals surface area contributed by atoms with Crippen molar-refractivity contribution in [3.63, 3.8) is 0 Å². The largest absolute Gasteiger partial charge is 0.295 e. The van der Waals surface area contributed by atoms with Gasteiger partial charge in [-0.1, -0.05) is 12.2 Å². The molecule has 1 aromatic heterocycles. The van der Waals surface area contributed by atoms with Crippen molar-refractivity contribution >= 4 is 23.7 Å². The van der Waals surface area contributed by atoms with Gasteiger partial charge in [-0.3, -0.25) is 24.6 Å². The number of amides is 3. The Balaban J connectivity index is 1.48. The number of hydrogen-bond acceptors (Lipinski definition) is 5. The predicted molar refractivity (Wildman–Crippen MR) is 76.3 cm³/mol. The van der Waals surface area contributed by atoms with Gasteiger partial charge >= 0.3 is 0 Å². The third-order valence-electron chi connectivity index (χ3n) is 4.06. The molecule has 1 saturated heterocycles. The molecule has 3 amide bonds. The quantitative estimate of drug-likeness (QED) is 0.607. The number of rotatable bonds is 5. The van der Waals surface area contributed by atoms with Gasteiger partial charge in [-0.2, -0.15) is 10.1 Å². The topological polar surface area (TPSA) is 108 Å². The van der Waals surface area contributed by atoms with Gasteiger partial charge in [0.25, 0.3) is 0 Å². The number of aromatic nitrogens is 3. The van der Waals surface area contributed by atoms with Crippen LogP contribution in [-0.4, -0.2) is 44.3 Å². The van der Waals surface area contributed by atoms with Gasteiger partial charge in [0, 0.05) is 13.0 Å². The Morgan fingerprint density at radius 1 is 1.27 bits per heavy atom. The molecule has 0 aromatic carbocycles. The van der Waals surface area contributed by atoms with E-state index in [9.17, 15) is 14.4 Å². The highest BCUT2D eigenvalue weighted by molar-refractivity contribution is 6.05. The number of allylic oxidation sites excluding steroid dienone is 2. The van der Waals surface area contributed by atoms with E-state index in [-0.39, 0.29) is 48.5 Å². The average molecular weight is 303 g/mol. The number of carbonyl (C=O) groups excluding carboxylic acids is 3. The lowest BCUT2D eigenvalue weighted by Crippen LogP contribution is -2.32. The zero-order chi connectivity index (χ0) is 15.5. The molecule has 3 rings (SSSR count). The van der Waals surface area contributed by atoms with Crippen molar-refractivity contribution < 1.29 is 14.4 Å². The molecular weight excluding hydrogens is 286 g/mol. The molecule has 0 unspecified atom stereocenters. The number of likely N-dealkylation sites (tertiary alicyclic amines) is 1. The van der Waals surface area contributed by atoms with Crippen LogP contribution in [0, 0.1) is 11.8 Å². The van der Waals surface area contributed by atoms with Gasteiger partial charge in [0.2, 0.25) is 23.7 Å². The van der Waals surface area contributed by atoms with Crippen LogP contribution in [0.2, 0.25) is 0 Å². The van der Waals surface area contributed by atoms with E-state index >= 15 is 0 Å². The first-order chi connectivity index (χ1) is 10.7. The molecule has 2 heterocycles. The fourth-order valence-electron chi connectivity index (χ4n) is 2.95. The summed E-state index contributed by atoms with van der Waals surface area (Å²) in [6.45, 7) is 0.286. The number of anilines is 1. The van der Waals surface area contributed by atoms with Crippen LogP contribution in [-0.2, 0) is 14.4 Å². The SMILES string of the molecule is O=C(CCCN1C(=O)[C@@H]2CC=CC[C@H]2C1=O)Nc1ncn[nH]1. The molecule has 1 aliphatic heterocycles. The smallest absolute Gasteiger partial charge is 0.233 e. The van der Waals surface area contributed by atoms with Crippen LogP contribution in [0.5, 0.6) is 0 Å². The molecule has 0 spiro atoms. The molecule has 1 fully saturated rings. The Kier molecular flexibility index (Phi) is 3.99. The average Bonchev–Trinajstić information content (AvgIpc) is 3.10. The first-order valence-corrected chi connectivity index (χ1v) is 7.32. The summed E-state index contributed by atoms with van der Waals surface area (Å²) in [5, 5.41) is 8.71. The van der Waals surface area contributed by atoms with E-state index < -0.39 is 0 Å². The second kappa shape index (κ2) is 6.08. The minimum atomic E-state index is -0.227. The summed E-state index contributed by atoms with van der Waals surface area (Å²) in [4.78, 5) is 41.3.